The fourth-order valence-electron chi connectivity index (χ4n) is 12.0. The molecular formula is C69H86N4O20PS4+. The lowest BCUT2D eigenvalue weighted by molar-refractivity contribution is -0.438. The minimum atomic E-state index is -4.70. The van der Waals surface area contributed by atoms with E-state index in [0.717, 1.165) is 10.6 Å². The molecule has 0 saturated carbocycles. The number of nitrogens with zero attached hydrogens (tertiary/aromatic N) is 2. The van der Waals surface area contributed by atoms with Gasteiger partial charge < -0.3 is 39.2 Å². The fourth-order valence-corrected chi connectivity index (χ4v) is 16.5. The molecule has 29 heteroatoms. The third-order valence-corrected chi connectivity index (χ3v) is 22.5. The zero-order chi connectivity index (χ0) is 71.2. The number of carbonyl (C=O) groups excluding carboxylic acids is 3. The summed E-state index contributed by atoms with van der Waals surface area (Å²) in [5.41, 5.74) is 1.93. The fraction of sp³-hybridized carbons (Fsp3) is 0.391. The molecule has 6 N–H and O–H groups in total. The number of fused-ring (bicyclic) bond motifs is 2. The van der Waals surface area contributed by atoms with Crippen LogP contribution in [0.15, 0.2) is 173 Å². The number of esters is 1. The molecule has 0 spiro atoms. The first-order valence-corrected chi connectivity index (χ1v) is 39.2. The third kappa shape index (κ3) is 22.2. The number of anilines is 1. The van der Waals surface area contributed by atoms with E-state index >= 15 is 0 Å². The maximum Gasteiger partial charge on any atom is 0.338 e. The average Bonchev–Trinajstić information content (AvgIpc) is 1.57. The van der Waals surface area contributed by atoms with Crippen molar-refractivity contribution >= 4 is 99.2 Å². The van der Waals surface area contributed by atoms with Crippen molar-refractivity contribution in [2.45, 2.75) is 85.8 Å². The predicted molar refractivity (Wildman–Crippen MR) is 376 cm³/mol. The largest absolute Gasteiger partial charge is 0.465 e. The SMILES string of the molecule is COCCOCCOCCOCCN1C(=CC=CC=CC=CC2=[N+](CCCCCC(=O)NCCNC(=O)c3ccc(C(=O)OC)c(P(c4ccccc4)c4ccccc4)c3)c3ccc(S(=O)(=O)O)cc3C2(C)CCCS(=O)(=O)O)C(C)(CCCS(=O)(=O)O)c2cc(S(=O)(=O)O)ccc21. The standard InChI is InChI=1S/C69H85N4O20PS4/c1-68(34-19-47-95(77,78)79)58-50-55(97(83,84)85)29-32-60(58)72(38-18-10-17-27-65(74)70-36-37-71-66(75)52-28-31-57(67(76)90-4)62(49-52)94(53-21-11-8-12-22-53)54-23-13-9-14-24-54)63(68)25-15-6-5-7-16-26-64-69(2,35-20-48-96(80,81)82)59-51-56(98(86,87)88)30-33-61(59)73(64)39-40-91-43-44-93-46-45-92-42-41-89-3/h5-9,11-16,21-26,28-33,49-51H,10,17-20,27,34-48H2,1-4H3,(H5-,70,71,74,75,77,78,79,80,81,82,83,84,85,86,87,88)/p+1. The summed E-state index contributed by atoms with van der Waals surface area (Å²) in [7, 11) is -16.5. The lowest BCUT2D eigenvalue weighted by atomic mass is 9.76. The van der Waals surface area contributed by atoms with Crippen molar-refractivity contribution in [1.82, 2.24) is 10.6 Å². The Morgan fingerprint density at radius 1 is 0.582 bits per heavy atom. The van der Waals surface area contributed by atoms with Gasteiger partial charge in [-0.15, -0.1) is 0 Å². The second-order valence-corrected chi connectivity index (χ2v) is 31.8. The minimum absolute atomic E-state index is 0.0179. The summed E-state index contributed by atoms with van der Waals surface area (Å²) in [6.45, 7) is 6.79. The highest BCUT2D eigenvalue weighted by molar-refractivity contribution is 7.86. The number of carbonyl (C=O) groups is 3. The highest BCUT2D eigenvalue weighted by Gasteiger charge is 2.48. The Morgan fingerprint density at radius 2 is 1.13 bits per heavy atom. The molecule has 5 aromatic rings. The number of allylic oxidation sites excluding steroid dienone is 8. The van der Waals surface area contributed by atoms with Crippen LogP contribution in [0.3, 0.4) is 0 Å². The van der Waals surface area contributed by atoms with Gasteiger partial charge in [-0.3, -0.25) is 27.8 Å². The van der Waals surface area contributed by atoms with Gasteiger partial charge in [0, 0.05) is 85.0 Å². The van der Waals surface area contributed by atoms with Crippen LogP contribution < -0.4 is 31.4 Å². The molecule has 0 radical (unpaired) electrons. The summed E-state index contributed by atoms with van der Waals surface area (Å²) >= 11 is 0. The van der Waals surface area contributed by atoms with Gasteiger partial charge in [0.15, 0.2) is 5.71 Å². The highest BCUT2D eigenvalue weighted by atomic mass is 32.2. The summed E-state index contributed by atoms with van der Waals surface area (Å²) in [5.74, 6) is -2.33. The molecule has 98 heavy (non-hydrogen) atoms. The van der Waals surface area contributed by atoms with Crippen LogP contribution in [0.1, 0.15) is 97.1 Å². The Kier molecular flexibility index (Phi) is 28.9. The average molecular weight is 1450 g/mol. The number of methoxy groups -OCH3 is 2. The number of hydrogen-bond acceptors (Lipinski definition) is 17. The Hall–Kier alpha value is -7.15. The molecule has 5 aromatic carbocycles. The normalized spacial score (nSPS) is 17.0. The molecule has 24 nitrogen and oxygen atoms in total. The van der Waals surface area contributed by atoms with Gasteiger partial charge in [-0.05, 0) is 131 Å². The van der Waals surface area contributed by atoms with Crippen LogP contribution in [0.25, 0.3) is 0 Å². The van der Waals surface area contributed by atoms with E-state index in [1.54, 1.807) is 80.0 Å². The maximum atomic E-state index is 13.6. The quantitative estimate of drug-likeness (QED) is 0.00550. The first-order chi connectivity index (χ1) is 46.6. The summed E-state index contributed by atoms with van der Waals surface area (Å²) in [6.07, 6.45) is 14.1. The van der Waals surface area contributed by atoms with Gasteiger partial charge in [0.25, 0.3) is 46.4 Å². The number of hydrogen-bond donors (Lipinski definition) is 6. The molecule has 2 heterocycles. The Bertz CT molecular complexity index is 4190. The molecule has 0 fully saturated rings. The van der Waals surface area contributed by atoms with Crippen LogP contribution >= 0.6 is 7.92 Å². The maximum absolute atomic E-state index is 13.6. The molecule has 2 atom stereocenters. The summed E-state index contributed by atoms with van der Waals surface area (Å²) < 4.78 is 167. The van der Waals surface area contributed by atoms with E-state index in [-0.39, 0.29) is 87.3 Å². The zero-order valence-electron chi connectivity index (χ0n) is 55.2. The van der Waals surface area contributed by atoms with Crippen molar-refractivity contribution in [3.63, 3.8) is 0 Å². The lowest BCUT2D eigenvalue weighted by Gasteiger charge is -2.30. The predicted octanol–water partition coefficient (Wildman–Crippen LogP) is 7.55. The molecular weight excluding hydrogens is 1360 g/mol. The monoisotopic (exact) mass is 1450 g/mol. The summed E-state index contributed by atoms with van der Waals surface area (Å²) in [5, 5.41) is 8.32. The highest BCUT2D eigenvalue weighted by Crippen LogP contribution is 2.51. The molecule has 2 aliphatic rings. The van der Waals surface area contributed by atoms with E-state index in [1.165, 1.54) is 31.4 Å². The molecule has 2 unspecified atom stereocenters. The van der Waals surface area contributed by atoms with Gasteiger partial charge in [0.2, 0.25) is 11.6 Å². The van der Waals surface area contributed by atoms with Gasteiger partial charge in [0.05, 0.1) is 85.6 Å². The molecule has 0 aliphatic carbocycles. The number of amides is 2. The van der Waals surface area contributed by atoms with Crippen LogP contribution in [0.5, 0.6) is 0 Å². The van der Waals surface area contributed by atoms with Crippen LogP contribution in [-0.4, -0.2) is 178 Å². The van der Waals surface area contributed by atoms with Crippen LogP contribution in [0, 0.1) is 0 Å². The van der Waals surface area contributed by atoms with E-state index in [1.807, 2.05) is 84.0 Å². The van der Waals surface area contributed by atoms with E-state index < -0.39 is 82.6 Å². The zero-order valence-corrected chi connectivity index (χ0v) is 59.3. The van der Waals surface area contributed by atoms with Gasteiger partial charge >= 0.3 is 5.97 Å². The number of unbranched alkanes of at least 4 members (excludes halogenated alkanes) is 2. The van der Waals surface area contributed by atoms with Crippen molar-refractivity contribution in [3.8, 4) is 0 Å². The van der Waals surface area contributed by atoms with Crippen molar-refractivity contribution in [3.05, 3.63) is 186 Å². The second kappa shape index (κ2) is 36.3. The number of benzene rings is 5. The molecule has 7 rings (SSSR count). The van der Waals surface area contributed by atoms with Crippen LogP contribution in [-0.2, 0) is 79.8 Å². The van der Waals surface area contributed by atoms with E-state index in [9.17, 15) is 66.3 Å². The number of nitrogens with one attached hydrogen (secondary N) is 2. The Balaban J connectivity index is 1.06. The van der Waals surface area contributed by atoms with Crippen molar-refractivity contribution < 1.29 is 94.5 Å². The number of ether oxygens (including phenoxy) is 5. The van der Waals surface area contributed by atoms with E-state index in [4.69, 9.17) is 23.7 Å². The van der Waals surface area contributed by atoms with Crippen LogP contribution in [0.4, 0.5) is 11.4 Å². The van der Waals surface area contributed by atoms with Crippen LogP contribution in [0.2, 0.25) is 0 Å². The second-order valence-electron chi connectivity index (χ2n) is 23.6. The molecule has 2 aliphatic heterocycles. The lowest BCUT2D eigenvalue weighted by Crippen LogP contribution is -2.35. The third-order valence-electron chi connectivity index (χ3n) is 16.7. The number of rotatable bonds is 40. The van der Waals surface area contributed by atoms with Gasteiger partial charge in [0.1, 0.15) is 6.54 Å². The van der Waals surface area contributed by atoms with Gasteiger partial charge in [-0.1, -0.05) is 91.0 Å². The van der Waals surface area contributed by atoms with E-state index in [0.29, 0.717) is 103 Å². The minimum Gasteiger partial charge on any atom is -0.465 e. The molecule has 0 saturated heterocycles. The molecule has 0 bridgehead atoms. The van der Waals surface area contributed by atoms with Crippen molar-refractivity contribution in [2.75, 3.05) is 103 Å². The first kappa shape index (κ1) is 78.2. The van der Waals surface area contributed by atoms with Gasteiger partial charge in [-0.2, -0.15) is 38.2 Å². The topological polar surface area (TPSA) is 345 Å². The smallest absolute Gasteiger partial charge is 0.338 e. The van der Waals surface area contributed by atoms with Crippen molar-refractivity contribution in [1.29, 1.82) is 0 Å². The summed E-state index contributed by atoms with van der Waals surface area (Å²) in [6, 6.07) is 32.7. The van der Waals surface area contributed by atoms with Gasteiger partial charge in [-0.25, -0.2) is 4.79 Å². The first-order valence-electron chi connectivity index (χ1n) is 31.8. The van der Waals surface area contributed by atoms with Crippen molar-refractivity contribution in [2.24, 2.45) is 0 Å². The Morgan fingerprint density at radius 3 is 1.72 bits per heavy atom. The Labute approximate surface area is 575 Å². The summed E-state index contributed by atoms with van der Waals surface area (Å²) in [4.78, 5) is 41.1. The van der Waals surface area contributed by atoms with E-state index in [2.05, 4.69) is 10.6 Å². The molecule has 0 aromatic heterocycles. The molecule has 2 amide bonds. The molecule has 530 valence electrons.